The van der Waals surface area contributed by atoms with E-state index in [0.29, 0.717) is 5.69 Å². The zero-order chi connectivity index (χ0) is 10.1. The van der Waals surface area contributed by atoms with Gasteiger partial charge >= 0.3 is 0 Å². The highest BCUT2D eigenvalue weighted by molar-refractivity contribution is 7.86. The minimum atomic E-state index is -1.11. The molecule has 14 heavy (non-hydrogen) atoms. The molecule has 0 N–H and O–H groups in total. The van der Waals surface area contributed by atoms with Crippen molar-refractivity contribution >= 4 is 22.4 Å². The Morgan fingerprint density at radius 3 is 2.43 bits per heavy atom. The number of carbonyl (C=O) groups excluding carboxylic acids is 1. The van der Waals surface area contributed by atoms with Crippen LogP contribution in [0.4, 0.5) is 10.1 Å². The standard InChI is InChI=1S/C9H8FNO2S/c10-7-1-3-8(4-2-7)11-6-14(13)5-9(11)12/h1-4H,5-6H2/t14-/m1/s1. The fraction of sp³-hybridized carbons (Fsp3) is 0.222. The second-order valence-electron chi connectivity index (χ2n) is 3.01. The number of nitrogens with zero attached hydrogens (tertiary/aromatic N) is 1. The van der Waals surface area contributed by atoms with Crippen molar-refractivity contribution in [3.05, 3.63) is 30.1 Å². The van der Waals surface area contributed by atoms with Crippen LogP contribution in [-0.2, 0) is 15.6 Å². The fourth-order valence-electron chi connectivity index (χ4n) is 1.32. The van der Waals surface area contributed by atoms with Crippen LogP contribution < -0.4 is 4.90 Å². The average Bonchev–Trinajstić information content (AvgIpc) is 2.47. The van der Waals surface area contributed by atoms with Gasteiger partial charge in [0.25, 0.3) is 0 Å². The van der Waals surface area contributed by atoms with Gasteiger partial charge in [0.1, 0.15) is 17.4 Å². The van der Waals surface area contributed by atoms with E-state index in [1.165, 1.54) is 29.2 Å². The Labute approximate surface area is 83.0 Å². The van der Waals surface area contributed by atoms with Crippen molar-refractivity contribution in [1.29, 1.82) is 0 Å². The van der Waals surface area contributed by atoms with E-state index in [0.717, 1.165) is 0 Å². The Kier molecular flexibility index (Phi) is 2.33. The number of rotatable bonds is 1. The minimum absolute atomic E-state index is 0.0668. The van der Waals surface area contributed by atoms with Gasteiger partial charge in [-0.1, -0.05) is 0 Å². The van der Waals surface area contributed by atoms with Crippen molar-refractivity contribution in [1.82, 2.24) is 0 Å². The van der Waals surface area contributed by atoms with Crippen molar-refractivity contribution in [3.8, 4) is 0 Å². The Bertz CT molecular complexity index is 390. The molecule has 1 atom stereocenters. The number of carbonyl (C=O) groups is 1. The maximum Gasteiger partial charge on any atom is 0.240 e. The third-order valence-corrected chi connectivity index (χ3v) is 3.11. The predicted molar refractivity (Wildman–Crippen MR) is 51.8 cm³/mol. The lowest BCUT2D eigenvalue weighted by molar-refractivity contribution is -0.115. The van der Waals surface area contributed by atoms with Crippen molar-refractivity contribution in [2.24, 2.45) is 0 Å². The van der Waals surface area contributed by atoms with Gasteiger partial charge in [-0.3, -0.25) is 13.9 Å². The predicted octanol–water partition coefficient (Wildman–Crippen LogP) is 0.879. The number of amides is 1. The van der Waals surface area contributed by atoms with Crippen molar-refractivity contribution in [2.75, 3.05) is 16.5 Å². The van der Waals surface area contributed by atoms with Crippen LogP contribution in [0.15, 0.2) is 24.3 Å². The molecule has 74 valence electrons. The third kappa shape index (κ3) is 1.68. The monoisotopic (exact) mass is 213 g/mol. The number of halogens is 1. The Morgan fingerprint density at radius 1 is 1.29 bits per heavy atom. The summed E-state index contributed by atoms with van der Waals surface area (Å²) < 4.78 is 23.7. The maximum absolute atomic E-state index is 12.6. The van der Waals surface area contributed by atoms with E-state index in [4.69, 9.17) is 0 Å². The first kappa shape index (κ1) is 9.33. The van der Waals surface area contributed by atoms with Gasteiger partial charge < -0.3 is 0 Å². The lowest BCUT2D eigenvalue weighted by Gasteiger charge is -2.13. The molecule has 0 radical (unpaired) electrons. The van der Waals surface area contributed by atoms with E-state index < -0.39 is 10.8 Å². The molecule has 1 amide bonds. The van der Waals surface area contributed by atoms with Gasteiger partial charge in [0.2, 0.25) is 5.91 Å². The minimum Gasteiger partial charge on any atom is -0.299 e. The summed E-state index contributed by atoms with van der Waals surface area (Å²) in [5.41, 5.74) is 0.599. The molecule has 5 heteroatoms. The van der Waals surface area contributed by atoms with Gasteiger partial charge in [0.05, 0.1) is 10.8 Å². The molecule has 1 saturated heterocycles. The van der Waals surface area contributed by atoms with Gasteiger partial charge in [0, 0.05) is 5.69 Å². The highest BCUT2D eigenvalue weighted by Crippen LogP contribution is 2.19. The Balaban J connectivity index is 2.27. The molecule has 0 bridgehead atoms. The van der Waals surface area contributed by atoms with Crippen molar-refractivity contribution < 1.29 is 13.4 Å². The van der Waals surface area contributed by atoms with E-state index >= 15 is 0 Å². The van der Waals surface area contributed by atoms with Crippen LogP contribution in [0.2, 0.25) is 0 Å². The smallest absolute Gasteiger partial charge is 0.240 e. The Morgan fingerprint density at radius 2 is 1.93 bits per heavy atom. The maximum atomic E-state index is 12.6. The molecule has 1 heterocycles. The Hall–Kier alpha value is -1.23. The highest BCUT2D eigenvalue weighted by Gasteiger charge is 2.27. The molecule has 0 aliphatic carbocycles. The van der Waals surface area contributed by atoms with Crippen LogP contribution >= 0.6 is 0 Å². The first-order valence-electron chi connectivity index (χ1n) is 4.08. The molecule has 0 saturated carbocycles. The van der Waals surface area contributed by atoms with Gasteiger partial charge in [-0.2, -0.15) is 0 Å². The summed E-state index contributed by atoms with van der Waals surface area (Å²) in [5.74, 6) is -0.238. The summed E-state index contributed by atoms with van der Waals surface area (Å²) in [6.07, 6.45) is 0. The van der Waals surface area contributed by atoms with Crippen LogP contribution in [0, 0.1) is 5.82 Å². The SMILES string of the molecule is O=C1C[S@@](=O)CN1c1ccc(F)cc1. The van der Waals surface area contributed by atoms with E-state index in [-0.39, 0.29) is 23.4 Å². The van der Waals surface area contributed by atoms with Crippen LogP contribution in [0.25, 0.3) is 0 Å². The molecule has 1 aliphatic heterocycles. The second-order valence-corrected chi connectivity index (χ2v) is 4.44. The zero-order valence-electron chi connectivity index (χ0n) is 7.27. The van der Waals surface area contributed by atoms with Crippen LogP contribution in [-0.4, -0.2) is 21.7 Å². The van der Waals surface area contributed by atoms with E-state index in [9.17, 15) is 13.4 Å². The van der Waals surface area contributed by atoms with Crippen LogP contribution in [0.1, 0.15) is 0 Å². The first-order valence-corrected chi connectivity index (χ1v) is 5.56. The summed E-state index contributed by atoms with van der Waals surface area (Å²) in [7, 11) is -1.11. The number of anilines is 1. The lowest BCUT2D eigenvalue weighted by Crippen LogP contribution is -2.24. The molecule has 0 unspecified atom stereocenters. The fourth-order valence-corrected chi connectivity index (χ4v) is 2.42. The van der Waals surface area contributed by atoms with E-state index in [1.54, 1.807) is 0 Å². The molecule has 0 spiro atoms. The topological polar surface area (TPSA) is 37.4 Å². The van der Waals surface area contributed by atoms with Crippen LogP contribution in [0.5, 0.6) is 0 Å². The highest BCUT2D eigenvalue weighted by atomic mass is 32.2. The molecule has 1 aromatic rings. The van der Waals surface area contributed by atoms with Gasteiger partial charge in [-0.15, -0.1) is 0 Å². The lowest BCUT2D eigenvalue weighted by atomic mass is 10.3. The summed E-state index contributed by atoms with van der Waals surface area (Å²) in [4.78, 5) is 12.7. The quantitative estimate of drug-likeness (QED) is 0.694. The second kappa shape index (κ2) is 3.49. The first-order chi connectivity index (χ1) is 6.66. The number of benzene rings is 1. The summed E-state index contributed by atoms with van der Waals surface area (Å²) in [5, 5.41) is 0. The molecule has 1 fully saturated rings. The average molecular weight is 213 g/mol. The molecule has 3 nitrogen and oxygen atoms in total. The number of hydrogen-bond donors (Lipinski definition) is 0. The van der Waals surface area contributed by atoms with Crippen molar-refractivity contribution in [3.63, 3.8) is 0 Å². The van der Waals surface area contributed by atoms with E-state index in [2.05, 4.69) is 0 Å². The summed E-state index contributed by atoms with van der Waals surface area (Å²) >= 11 is 0. The number of hydrogen-bond acceptors (Lipinski definition) is 2. The van der Waals surface area contributed by atoms with Crippen molar-refractivity contribution in [2.45, 2.75) is 0 Å². The summed E-state index contributed by atoms with van der Waals surface area (Å²) in [6, 6.07) is 5.58. The molecule has 1 aromatic carbocycles. The third-order valence-electron chi connectivity index (χ3n) is 2.00. The normalized spacial score (nSPS) is 21.6. The zero-order valence-corrected chi connectivity index (χ0v) is 8.09. The summed E-state index contributed by atoms with van der Waals surface area (Å²) in [6.45, 7) is 0. The molecular formula is C9H8FNO2S. The molecule has 1 aliphatic rings. The van der Waals surface area contributed by atoms with Crippen LogP contribution in [0.3, 0.4) is 0 Å². The molecule has 2 rings (SSSR count). The van der Waals surface area contributed by atoms with Gasteiger partial charge in [-0.25, -0.2) is 4.39 Å². The van der Waals surface area contributed by atoms with Gasteiger partial charge in [-0.05, 0) is 24.3 Å². The molecular weight excluding hydrogens is 205 g/mol. The molecule has 0 aromatic heterocycles. The van der Waals surface area contributed by atoms with E-state index in [1.807, 2.05) is 0 Å². The largest absolute Gasteiger partial charge is 0.299 e. The van der Waals surface area contributed by atoms with Gasteiger partial charge in [0.15, 0.2) is 0 Å².